The molecule has 0 fully saturated rings. The molecule has 21 heavy (non-hydrogen) atoms. The molecule has 2 N–H and O–H groups in total. The Morgan fingerprint density at radius 1 is 1.29 bits per heavy atom. The summed E-state index contributed by atoms with van der Waals surface area (Å²) < 4.78 is 5.27. The molecule has 0 aliphatic rings. The number of ether oxygens (including phenoxy) is 1. The van der Waals surface area contributed by atoms with Crippen molar-refractivity contribution in [2.75, 3.05) is 0 Å². The van der Waals surface area contributed by atoms with Crippen molar-refractivity contribution in [2.24, 2.45) is 0 Å². The van der Waals surface area contributed by atoms with Crippen LogP contribution in [-0.2, 0) is 9.53 Å². The minimum atomic E-state index is -1.01. The zero-order chi connectivity index (χ0) is 16.5. The quantitative estimate of drug-likeness (QED) is 0.406. The van der Waals surface area contributed by atoms with Gasteiger partial charge in [0.1, 0.15) is 6.10 Å². The zero-order valence-corrected chi connectivity index (χ0v) is 13.7. The third kappa shape index (κ3) is 10.9. The van der Waals surface area contributed by atoms with Crippen LogP contribution in [0.5, 0.6) is 0 Å². The average Bonchev–Trinajstić information content (AvgIpc) is 2.25. The first-order valence-electron chi connectivity index (χ1n) is 7.18. The van der Waals surface area contributed by atoms with E-state index in [0.717, 1.165) is 17.4 Å². The first-order chi connectivity index (χ1) is 9.66. The van der Waals surface area contributed by atoms with Crippen LogP contribution in [0.1, 0.15) is 53.9 Å². The fourth-order valence-electron chi connectivity index (χ4n) is 1.97. The van der Waals surface area contributed by atoms with E-state index in [-0.39, 0.29) is 12.1 Å². The Bertz CT molecular complexity index is 413. The Kier molecular flexibility index (Phi) is 8.70. The van der Waals surface area contributed by atoms with Crippen LogP contribution in [0.3, 0.4) is 0 Å². The summed E-state index contributed by atoms with van der Waals surface area (Å²) in [4.78, 5) is 11.1. The van der Waals surface area contributed by atoms with Crippen LogP contribution in [0.15, 0.2) is 35.6 Å². The van der Waals surface area contributed by atoms with Gasteiger partial charge in [-0.3, -0.25) is 4.79 Å². The van der Waals surface area contributed by atoms with Crippen LogP contribution in [0.25, 0.3) is 0 Å². The number of aliphatic hydroxyl groups excluding tert-OH is 1. The van der Waals surface area contributed by atoms with Gasteiger partial charge in [0.25, 0.3) is 0 Å². The van der Waals surface area contributed by atoms with Gasteiger partial charge in [-0.25, -0.2) is 0 Å². The third-order valence-electron chi connectivity index (χ3n) is 2.94. The number of allylic oxidation sites excluding steroid dienone is 2. The van der Waals surface area contributed by atoms with Crippen LogP contribution in [-0.4, -0.2) is 27.9 Å². The molecule has 2 unspecified atom stereocenters. The van der Waals surface area contributed by atoms with Gasteiger partial charge in [0, 0.05) is 13.3 Å². The predicted molar refractivity (Wildman–Crippen MR) is 85.0 cm³/mol. The molecule has 4 nitrogen and oxygen atoms in total. The van der Waals surface area contributed by atoms with E-state index in [1.807, 2.05) is 32.9 Å². The van der Waals surface area contributed by atoms with Crippen molar-refractivity contribution in [3.05, 3.63) is 35.6 Å². The highest BCUT2D eigenvalue weighted by molar-refractivity contribution is 5.66. The van der Waals surface area contributed by atoms with Crippen molar-refractivity contribution in [3.63, 3.8) is 0 Å². The lowest BCUT2D eigenvalue weighted by Gasteiger charge is -2.18. The fraction of sp³-hybridized carbons (Fsp3) is 0.588. The maximum atomic E-state index is 11.1. The fourth-order valence-corrected chi connectivity index (χ4v) is 1.97. The average molecular weight is 296 g/mol. The van der Waals surface area contributed by atoms with Gasteiger partial charge >= 0.3 is 5.97 Å². The molecule has 0 rings (SSSR count). The summed E-state index contributed by atoms with van der Waals surface area (Å²) in [6, 6.07) is 0. The van der Waals surface area contributed by atoms with Gasteiger partial charge in [0.2, 0.25) is 0 Å². The van der Waals surface area contributed by atoms with Crippen LogP contribution in [0, 0.1) is 0 Å². The molecule has 4 heteroatoms. The van der Waals surface area contributed by atoms with Crippen LogP contribution in [0.2, 0.25) is 0 Å². The summed E-state index contributed by atoms with van der Waals surface area (Å²) in [6.07, 6.45) is 7.78. The van der Waals surface area contributed by atoms with Crippen molar-refractivity contribution < 1.29 is 19.7 Å². The van der Waals surface area contributed by atoms with Crippen molar-refractivity contribution in [2.45, 2.75) is 65.6 Å². The van der Waals surface area contributed by atoms with Crippen molar-refractivity contribution >= 4 is 5.97 Å². The molecule has 0 saturated heterocycles. The van der Waals surface area contributed by atoms with Crippen LogP contribution in [0.4, 0.5) is 0 Å². The molecule has 0 aromatic rings. The van der Waals surface area contributed by atoms with Gasteiger partial charge in [0.05, 0.1) is 11.9 Å². The predicted octanol–water partition coefficient (Wildman–Crippen LogP) is 3.82. The smallest absolute Gasteiger partial charge is 0.303 e. The molecular formula is C17H28O4. The Balaban J connectivity index is 4.54. The Labute approximate surface area is 127 Å². The highest BCUT2D eigenvalue weighted by Gasteiger charge is 2.15. The highest BCUT2D eigenvalue weighted by atomic mass is 16.5. The molecule has 0 saturated carbocycles. The maximum absolute atomic E-state index is 11.1. The number of rotatable bonds is 8. The molecule has 120 valence electrons. The molecule has 0 aromatic heterocycles. The monoisotopic (exact) mass is 296 g/mol. The van der Waals surface area contributed by atoms with Gasteiger partial charge in [-0.2, -0.15) is 0 Å². The normalized spacial score (nSPS) is 16.4. The van der Waals surface area contributed by atoms with Gasteiger partial charge in [-0.1, -0.05) is 17.2 Å². The molecule has 0 aliphatic carbocycles. The van der Waals surface area contributed by atoms with Gasteiger partial charge in [0.15, 0.2) is 0 Å². The third-order valence-corrected chi connectivity index (χ3v) is 2.94. The number of hydrogen-bond donors (Lipinski definition) is 2. The largest absolute Gasteiger partial charge is 0.516 e. The van der Waals surface area contributed by atoms with E-state index in [1.54, 1.807) is 6.92 Å². The van der Waals surface area contributed by atoms with E-state index < -0.39 is 5.60 Å². The first-order valence-corrected chi connectivity index (χ1v) is 7.18. The Hall–Kier alpha value is -1.55. The van der Waals surface area contributed by atoms with Crippen molar-refractivity contribution in [3.8, 4) is 0 Å². The number of aliphatic hydroxyl groups is 2. The molecule has 0 radical (unpaired) electrons. The molecule has 2 atom stereocenters. The van der Waals surface area contributed by atoms with Crippen molar-refractivity contribution in [1.29, 1.82) is 0 Å². The van der Waals surface area contributed by atoms with Crippen LogP contribution >= 0.6 is 0 Å². The number of esters is 1. The minimum absolute atomic E-state index is 0.249. The van der Waals surface area contributed by atoms with E-state index in [4.69, 9.17) is 9.84 Å². The highest BCUT2D eigenvalue weighted by Crippen LogP contribution is 2.17. The SMILES string of the molecule is CC(=O)OC(C=C(C)C)CC(C)=CCCC(C)(O)C=CO. The van der Waals surface area contributed by atoms with E-state index >= 15 is 0 Å². The second-order valence-corrected chi connectivity index (χ2v) is 5.86. The molecule has 0 amide bonds. The first kappa shape index (κ1) is 19.4. The molecule has 0 bridgehead atoms. The second kappa shape index (κ2) is 9.40. The lowest BCUT2D eigenvalue weighted by Crippen LogP contribution is -2.20. The standard InChI is InChI=1S/C17H28O4/c1-13(2)11-16(21-15(4)19)12-14(3)7-6-8-17(5,20)9-10-18/h7,9-11,16,18,20H,6,8,12H2,1-5H3. The van der Waals surface area contributed by atoms with Gasteiger partial charge < -0.3 is 14.9 Å². The maximum Gasteiger partial charge on any atom is 0.303 e. The molecule has 0 aromatic carbocycles. The summed E-state index contributed by atoms with van der Waals surface area (Å²) in [6.45, 7) is 8.96. The van der Waals surface area contributed by atoms with E-state index in [9.17, 15) is 9.90 Å². The Morgan fingerprint density at radius 2 is 1.90 bits per heavy atom. The van der Waals surface area contributed by atoms with E-state index in [2.05, 4.69) is 0 Å². The molecule has 0 spiro atoms. The number of carbonyl (C=O) groups excluding carboxylic acids is 1. The molecule has 0 aliphatic heterocycles. The second-order valence-electron chi connectivity index (χ2n) is 5.86. The summed E-state index contributed by atoms with van der Waals surface area (Å²) in [5.41, 5.74) is 1.19. The van der Waals surface area contributed by atoms with Gasteiger partial charge in [-0.15, -0.1) is 0 Å². The summed E-state index contributed by atoms with van der Waals surface area (Å²) in [5, 5.41) is 18.6. The molecule has 0 heterocycles. The summed E-state index contributed by atoms with van der Waals surface area (Å²) >= 11 is 0. The summed E-state index contributed by atoms with van der Waals surface area (Å²) in [7, 11) is 0. The van der Waals surface area contributed by atoms with Crippen LogP contribution < -0.4 is 0 Å². The Morgan fingerprint density at radius 3 is 2.38 bits per heavy atom. The lowest BCUT2D eigenvalue weighted by molar-refractivity contribution is -0.144. The lowest BCUT2D eigenvalue weighted by atomic mass is 9.98. The minimum Gasteiger partial charge on any atom is -0.516 e. The topological polar surface area (TPSA) is 66.8 Å². The van der Waals surface area contributed by atoms with E-state index in [1.165, 1.54) is 13.0 Å². The molecular weight excluding hydrogens is 268 g/mol. The van der Waals surface area contributed by atoms with E-state index in [0.29, 0.717) is 19.3 Å². The number of hydrogen-bond acceptors (Lipinski definition) is 4. The zero-order valence-electron chi connectivity index (χ0n) is 13.7. The summed E-state index contributed by atoms with van der Waals surface area (Å²) in [5.74, 6) is -0.290. The van der Waals surface area contributed by atoms with Gasteiger partial charge in [-0.05, 0) is 52.7 Å². The number of carbonyl (C=O) groups is 1. The van der Waals surface area contributed by atoms with Crippen molar-refractivity contribution in [1.82, 2.24) is 0 Å².